The Balaban J connectivity index is 2.04. The molecular weight excluding hydrogens is 326 g/mol. The Hall–Kier alpha value is -1.58. The fourth-order valence-electron chi connectivity index (χ4n) is 2.63. The van der Waals surface area contributed by atoms with Crippen molar-refractivity contribution in [2.75, 3.05) is 0 Å². The highest BCUT2D eigenvalue weighted by Gasteiger charge is 2.18. The van der Waals surface area contributed by atoms with Crippen LogP contribution in [0.4, 0.5) is 0 Å². The van der Waals surface area contributed by atoms with Gasteiger partial charge in [0.15, 0.2) is 0 Å². The van der Waals surface area contributed by atoms with Crippen molar-refractivity contribution in [2.45, 2.75) is 26.3 Å². The molecule has 3 aromatic rings. The maximum atomic E-state index is 6.41. The number of nitrogens with two attached hydrogens (primary N) is 1. The largest absolute Gasteiger partial charge is 0.459 e. The van der Waals surface area contributed by atoms with E-state index in [2.05, 4.69) is 60.1 Å². The highest BCUT2D eigenvalue weighted by Crippen LogP contribution is 2.33. The fourth-order valence-corrected chi connectivity index (χ4v) is 2.97. The lowest BCUT2D eigenvalue weighted by Crippen LogP contribution is -2.12. The van der Waals surface area contributed by atoms with Crippen molar-refractivity contribution in [3.8, 4) is 0 Å². The SMILES string of the molecule is CCc1ccc(C(N)c2oc3cc(Br)ccc3c2C)cc1. The first kappa shape index (κ1) is 14.4. The van der Waals surface area contributed by atoms with E-state index in [9.17, 15) is 0 Å². The van der Waals surface area contributed by atoms with E-state index in [0.717, 1.165) is 38.7 Å². The average Bonchev–Trinajstić information content (AvgIpc) is 2.83. The molecule has 2 nitrogen and oxygen atoms in total. The highest BCUT2D eigenvalue weighted by atomic mass is 79.9. The summed E-state index contributed by atoms with van der Waals surface area (Å²) < 4.78 is 7.01. The van der Waals surface area contributed by atoms with Gasteiger partial charge in [-0.05, 0) is 42.7 Å². The summed E-state index contributed by atoms with van der Waals surface area (Å²) in [6.07, 6.45) is 1.03. The molecule has 0 bridgehead atoms. The number of halogens is 1. The topological polar surface area (TPSA) is 39.2 Å². The second-order valence-electron chi connectivity index (χ2n) is 5.30. The van der Waals surface area contributed by atoms with E-state index in [1.165, 1.54) is 5.56 Å². The second kappa shape index (κ2) is 5.66. The molecule has 108 valence electrons. The molecule has 1 aromatic heterocycles. The molecule has 0 saturated carbocycles. The molecule has 21 heavy (non-hydrogen) atoms. The number of benzene rings is 2. The van der Waals surface area contributed by atoms with Crippen LogP contribution in [0.2, 0.25) is 0 Å². The van der Waals surface area contributed by atoms with Crippen molar-refractivity contribution in [1.82, 2.24) is 0 Å². The third-order valence-electron chi connectivity index (χ3n) is 3.97. The molecule has 0 spiro atoms. The van der Waals surface area contributed by atoms with Crippen LogP contribution in [-0.4, -0.2) is 0 Å². The van der Waals surface area contributed by atoms with Gasteiger partial charge in [0, 0.05) is 15.4 Å². The average molecular weight is 344 g/mol. The Morgan fingerprint density at radius 1 is 1.14 bits per heavy atom. The zero-order valence-corrected chi connectivity index (χ0v) is 13.8. The maximum absolute atomic E-state index is 6.41. The molecule has 1 heterocycles. The fraction of sp³-hybridized carbons (Fsp3) is 0.222. The molecule has 3 rings (SSSR count). The van der Waals surface area contributed by atoms with Gasteiger partial charge >= 0.3 is 0 Å². The maximum Gasteiger partial charge on any atom is 0.135 e. The van der Waals surface area contributed by atoms with Crippen molar-refractivity contribution >= 4 is 26.9 Å². The summed E-state index contributed by atoms with van der Waals surface area (Å²) in [6, 6.07) is 14.3. The van der Waals surface area contributed by atoms with Gasteiger partial charge in [-0.1, -0.05) is 47.1 Å². The lowest BCUT2D eigenvalue weighted by molar-refractivity contribution is 0.521. The summed E-state index contributed by atoms with van der Waals surface area (Å²) in [5.41, 5.74) is 10.8. The Labute approximate surface area is 133 Å². The van der Waals surface area contributed by atoms with E-state index in [1.807, 2.05) is 12.1 Å². The molecule has 2 N–H and O–H groups in total. The molecule has 0 radical (unpaired) electrons. The number of rotatable bonds is 3. The zero-order valence-electron chi connectivity index (χ0n) is 12.2. The molecule has 3 heteroatoms. The summed E-state index contributed by atoms with van der Waals surface area (Å²) in [5, 5.41) is 1.12. The van der Waals surface area contributed by atoms with Crippen LogP contribution >= 0.6 is 15.9 Å². The monoisotopic (exact) mass is 343 g/mol. The van der Waals surface area contributed by atoms with Gasteiger partial charge in [0.1, 0.15) is 11.3 Å². The number of aryl methyl sites for hydroxylation is 2. The Morgan fingerprint density at radius 2 is 1.86 bits per heavy atom. The predicted octanol–water partition coefficient (Wildman–Crippen LogP) is 5.11. The molecule has 0 aliphatic carbocycles. The van der Waals surface area contributed by atoms with E-state index in [4.69, 9.17) is 10.2 Å². The number of furan rings is 1. The minimum atomic E-state index is -0.234. The van der Waals surface area contributed by atoms with Gasteiger partial charge in [-0.2, -0.15) is 0 Å². The molecule has 1 unspecified atom stereocenters. The second-order valence-corrected chi connectivity index (χ2v) is 6.22. The Kier molecular flexibility index (Phi) is 3.87. The quantitative estimate of drug-likeness (QED) is 0.717. The third kappa shape index (κ3) is 2.63. The van der Waals surface area contributed by atoms with E-state index in [-0.39, 0.29) is 6.04 Å². The van der Waals surface area contributed by atoms with Crippen molar-refractivity contribution in [3.63, 3.8) is 0 Å². The smallest absolute Gasteiger partial charge is 0.135 e. The third-order valence-corrected chi connectivity index (χ3v) is 4.46. The Bertz CT molecular complexity index is 774. The minimum absolute atomic E-state index is 0.234. The van der Waals surface area contributed by atoms with Crippen LogP contribution < -0.4 is 5.73 Å². The van der Waals surface area contributed by atoms with Gasteiger partial charge in [-0.3, -0.25) is 0 Å². The molecule has 1 atom stereocenters. The van der Waals surface area contributed by atoms with Crippen LogP contribution in [0.5, 0.6) is 0 Å². The summed E-state index contributed by atoms with van der Waals surface area (Å²) in [7, 11) is 0. The van der Waals surface area contributed by atoms with E-state index in [1.54, 1.807) is 0 Å². The molecule has 0 amide bonds. The Morgan fingerprint density at radius 3 is 2.52 bits per heavy atom. The minimum Gasteiger partial charge on any atom is -0.459 e. The summed E-state index contributed by atoms with van der Waals surface area (Å²) in [4.78, 5) is 0. The normalized spacial score (nSPS) is 12.8. The molecule has 0 fully saturated rings. The standard InChI is InChI=1S/C18H18BrNO/c1-3-12-4-6-13(7-5-12)17(20)18-11(2)15-9-8-14(19)10-16(15)21-18/h4-10,17H,3,20H2,1-2H3. The van der Waals surface area contributed by atoms with Crippen LogP contribution in [0.1, 0.15) is 35.4 Å². The number of hydrogen-bond donors (Lipinski definition) is 1. The van der Waals surface area contributed by atoms with E-state index >= 15 is 0 Å². The van der Waals surface area contributed by atoms with Crippen LogP contribution in [0.15, 0.2) is 51.4 Å². The summed E-state index contributed by atoms with van der Waals surface area (Å²) in [6.45, 7) is 4.21. The van der Waals surface area contributed by atoms with E-state index in [0.29, 0.717) is 0 Å². The molecule has 2 aromatic carbocycles. The van der Waals surface area contributed by atoms with Crippen molar-refractivity contribution in [1.29, 1.82) is 0 Å². The van der Waals surface area contributed by atoms with Crippen molar-refractivity contribution < 1.29 is 4.42 Å². The summed E-state index contributed by atoms with van der Waals surface area (Å²) >= 11 is 3.47. The van der Waals surface area contributed by atoms with Crippen LogP contribution in [0, 0.1) is 6.92 Å². The zero-order chi connectivity index (χ0) is 15.0. The lowest BCUT2D eigenvalue weighted by Gasteiger charge is -2.11. The highest BCUT2D eigenvalue weighted by molar-refractivity contribution is 9.10. The van der Waals surface area contributed by atoms with Gasteiger partial charge in [0.2, 0.25) is 0 Å². The van der Waals surface area contributed by atoms with Crippen molar-refractivity contribution in [2.24, 2.45) is 5.73 Å². The van der Waals surface area contributed by atoms with Gasteiger partial charge < -0.3 is 10.2 Å². The first-order chi connectivity index (χ1) is 10.1. The van der Waals surface area contributed by atoms with Gasteiger partial charge in [0.25, 0.3) is 0 Å². The lowest BCUT2D eigenvalue weighted by atomic mass is 10.00. The first-order valence-electron chi connectivity index (χ1n) is 7.13. The van der Waals surface area contributed by atoms with Crippen LogP contribution in [-0.2, 0) is 6.42 Å². The van der Waals surface area contributed by atoms with Gasteiger partial charge in [-0.25, -0.2) is 0 Å². The number of fused-ring (bicyclic) bond motifs is 1. The number of hydrogen-bond acceptors (Lipinski definition) is 2. The van der Waals surface area contributed by atoms with Crippen molar-refractivity contribution in [3.05, 3.63) is 69.4 Å². The van der Waals surface area contributed by atoms with Gasteiger partial charge in [-0.15, -0.1) is 0 Å². The molecule has 0 aliphatic rings. The predicted molar refractivity (Wildman–Crippen MR) is 90.5 cm³/mol. The van der Waals surface area contributed by atoms with Gasteiger partial charge in [0.05, 0.1) is 6.04 Å². The van der Waals surface area contributed by atoms with Crippen LogP contribution in [0.25, 0.3) is 11.0 Å². The first-order valence-corrected chi connectivity index (χ1v) is 7.92. The van der Waals surface area contributed by atoms with Crippen LogP contribution in [0.3, 0.4) is 0 Å². The summed E-state index contributed by atoms with van der Waals surface area (Å²) in [5.74, 6) is 0.840. The molecule has 0 saturated heterocycles. The van der Waals surface area contributed by atoms with E-state index < -0.39 is 0 Å². The molecule has 0 aliphatic heterocycles. The molecular formula is C18H18BrNO.